The fourth-order valence-corrected chi connectivity index (χ4v) is 3.83. The highest BCUT2D eigenvalue weighted by Gasteiger charge is 2.39. The van der Waals surface area contributed by atoms with Crippen LogP contribution in [0.5, 0.6) is 0 Å². The Labute approximate surface area is 193 Å². The van der Waals surface area contributed by atoms with E-state index < -0.39 is 17.6 Å². The van der Waals surface area contributed by atoms with Crippen LogP contribution in [-0.4, -0.2) is 48.9 Å². The average molecular weight is 478 g/mol. The van der Waals surface area contributed by atoms with Crippen molar-refractivity contribution in [3.63, 3.8) is 0 Å². The van der Waals surface area contributed by atoms with Crippen molar-refractivity contribution in [2.24, 2.45) is 0 Å². The first-order valence-corrected chi connectivity index (χ1v) is 10.5. The van der Waals surface area contributed by atoms with Crippen molar-refractivity contribution in [3.8, 4) is 0 Å². The van der Waals surface area contributed by atoms with Crippen LogP contribution in [0.15, 0.2) is 47.1 Å². The zero-order valence-corrected chi connectivity index (χ0v) is 18.5. The van der Waals surface area contributed by atoms with Gasteiger partial charge >= 0.3 is 0 Å². The monoisotopic (exact) mass is 477 g/mol. The third kappa shape index (κ3) is 4.09. The smallest absolute Gasteiger partial charge is 0.283 e. The maximum absolute atomic E-state index is 13.5. The van der Waals surface area contributed by atoms with Gasteiger partial charge in [0.25, 0.3) is 17.7 Å². The molecule has 3 amide bonds. The minimum absolute atomic E-state index is 0.0920. The molecule has 1 saturated heterocycles. The molecule has 0 unspecified atom stereocenters. The summed E-state index contributed by atoms with van der Waals surface area (Å²) in [6, 6.07) is 8.54. The van der Waals surface area contributed by atoms with Crippen LogP contribution in [0.1, 0.15) is 15.9 Å². The van der Waals surface area contributed by atoms with Crippen LogP contribution < -0.4 is 10.2 Å². The Bertz CT molecular complexity index is 1160. The molecule has 0 aromatic heterocycles. The molecule has 2 aliphatic rings. The highest BCUT2D eigenvalue weighted by Crippen LogP contribution is 2.33. The number of amides is 3. The molecule has 10 heteroatoms. The van der Waals surface area contributed by atoms with Gasteiger partial charge in [-0.2, -0.15) is 0 Å². The number of rotatable bonds is 4. The topological polar surface area (TPSA) is 79.0 Å². The fourth-order valence-electron chi connectivity index (χ4n) is 3.44. The summed E-state index contributed by atoms with van der Waals surface area (Å²) in [5.74, 6) is -2.32. The third-order valence-corrected chi connectivity index (χ3v) is 5.87. The first kappa shape index (κ1) is 22.3. The van der Waals surface area contributed by atoms with Crippen molar-refractivity contribution in [3.05, 3.63) is 69.1 Å². The number of carbonyl (C=O) groups is 3. The summed E-state index contributed by atoms with van der Waals surface area (Å²) in [6.45, 7) is 3.73. The number of nitrogens with one attached hydrogen (secondary N) is 1. The van der Waals surface area contributed by atoms with Crippen LogP contribution in [0.25, 0.3) is 0 Å². The molecule has 0 atom stereocenters. The van der Waals surface area contributed by atoms with Gasteiger partial charge in [0.2, 0.25) is 0 Å². The molecule has 32 heavy (non-hydrogen) atoms. The molecule has 2 heterocycles. The van der Waals surface area contributed by atoms with Crippen molar-refractivity contribution >= 4 is 52.3 Å². The quantitative estimate of drug-likeness (QED) is 0.679. The highest BCUT2D eigenvalue weighted by molar-refractivity contribution is 6.53. The lowest BCUT2D eigenvalue weighted by molar-refractivity contribution is -0.120. The van der Waals surface area contributed by atoms with Gasteiger partial charge in [0.05, 0.1) is 23.9 Å². The van der Waals surface area contributed by atoms with E-state index in [4.69, 9.17) is 27.9 Å². The minimum Gasteiger partial charge on any atom is -0.378 e. The predicted octanol–water partition coefficient (Wildman–Crippen LogP) is 3.70. The first-order valence-electron chi connectivity index (χ1n) is 9.76. The second kappa shape index (κ2) is 8.90. The molecular weight excluding hydrogens is 460 g/mol. The summed E-state index contributed by atoms with van der Waals surface area (Å²) in [5.41, 5.74) is 1.57. The molecule has 2 aromatic carbocycles. The second-order valence-corrected chi connectivity index (χ2v) is 8.08. The lowest BCUT2D eigenvalue weighted by atomic mass is 10.1. The van der Waals surface area contributed by atoms with E-state index in [1.165, 1.54) is 12.1 Å². The van der Waals surface area contributed by atoms with E-state index in [0.717, 1.165) is 16.5 Å². The van der Waals surface area contributed by atoms with Gasteiger partial charge in [0.1, 0.15) is 16.5 Å². The number of carbonyl (C=O) groups excluding carboxylic acids is 3. The van der Waals surface area contributed by atoms with Crippen molar-refractivity contribution < 1.29 is 23.5 Å². The zero-order valence-electron chi connectivity index (χ0n) is 17.0. The predicted molar refractivity (Wildman–Crippen MR) is 118 cm³/mol. The highest BCUT2D eigenvalue weighted by atomic mass is 35.5. The number of ether oxygens (including phenoxy) is 1. The molecule has 0 spiro atoms. The van der Waals surface area contributed by atoms with Crippen LogP contribution in [-0.2, 0) is 14.3 Å². The fraction of sp³-hybridized carbons (Fsp3) is 0.227. The van der Waals surface area contributed by atoms with E-state index in [2.05, 4.69) is 5.32 Å². The lowest BCUT2D eigenvalue weighted by Gasteiger charge is -2.27. The number of nitrogens with zero attached hydrogens (tertiary/aromatic N) is 2. The van der Waals surface area contributed by atoms with Gasteiger partial charge in [-0.05, 0) is 42.8 Å². The number of halogens is 3. The van der Waals surface area contributed by atoms with Gasteiger partial charge in [-0.3, -0.25) is 14.4 Å². The Morgan fingerprint density at radius 1 is 1.06 bits per heavy atom. The molecule has 0 radical (unpaired) electrons. The number of hydrogen-bond donors (Lipinski definition) is 1. The second-order valence-electron chi connectivity index (χ2n) is 7.29. The van der Waals surface area contributed by atoms with Crippen molar-refractivity contribution in [2.75, 3.05) is 36.5 Å². The van der Waals surface area contributed by atoms with Gasteiger partial charge in [-0.25, -0.2) is 9.29 Å². The molecule has 166 valence electrons. The average Bonchev–Trinajstić information content (AvgIpc) is 3.00. The van der Waals surface area contributed by atoms with Crippen molar-refractivity contribution in [2.45, 2.75) is 6.92 Å². The van der Waals surface area contributed by atoms with E-state index in [1.54, 1.807) is 30.0 Å². The van der Waals surface area contributed by atoms with Gasteiger partial charge in [-0.1, -0.05) is 29.3 Å². The van der Waals surface area contributed by atoms with Crippen LogP contribution in [0.2, 0.25) is 5.02 Å². The number of hydrogen-bond acceptors (Lipinski definition) is 5. The SMILES string of the molecule is Cc1ccc(C(=O)N2CCOCC2)cc1NC1=C(Cl)C(=O)N(c2ccc(F)c(Cl)c2)C1=O. The summed E-state index contributed by atoms with van der Waals surface area (Å²) in [4.78, 5) is 40.9. The molecule has 4 rings (SSSR count). The third-order valence-electron chi connectivity index (χ3n) is 5.23. The normalized spacial score (nSPS) is 16.8. The number of benzene rings is 2. The van der Waals surface area contributed by atoms with Crippen molar-refractivity contribution in [1.82, 2.24) is 4.90 Å². The van der Waals surface area contributed by atoms with E-state index in [0.29, 0.717) is 37.6 Å². The van der Waals surface area contributed by atoms with E-state index >= 15 is 0 Å². The molecule has 0 saturated carbocycles. The Hall–Kier alpha value is -2.94. The molecule has 0 bridgehead atoms. The Morgan fingerprint density at radius 3 is 2.47 bits per heavy atom. The summed E-state index contributed by atoms with van der Waals surface area (Å²) in [5, 5.41) is 2.35. The maximum atomic E-state index is 13.5. The molecular formula is C22H18Cl2FN3O4. The van der Waals surface area contributed by atoms with Gasteiger partial charge in [0, 0.05) is 24.3 Å². The van der Waals surface area contributed by atoms with Crippen LogP contribution in [0.4, 0.5) is 15.8 Å². The summed E-state index contributed by atoms with van der Waals surface area (Å²) in [7, 11) is 0. The number of aryl methyl sites for hydroxylation is 1. The Balaban J connectivity index is 1.60. The van der Waals surface area contributed by atoms with E-state index in [-0.39, 0.29) is 27.3 Å². The number of morpholine rings is 1. The standard InChI is InChI=1S/C22H18Cl2FN3O4/c1-12-2-3-13(20(29)27-6-8-32-9-7-27)10-17(12)26-19-18(24)21(30)28(22(19)31)14-4-5-16(25)15(23)11-14/h2-5,10-11,26H,6-9H2,1H3. The molecule has 2 aliphatic heterocycles. The zero-order chi connectivity index (χ0) is 23.0. The summed E-state index contributed by atoms with van der Waals surface area (Å²) in [6.07, 6.45) is 0. The number of anilines is 2. The first-order chi connectivity index (χ1) is 15.3. The van der Waals surface area contributed by atoms with Gasteiger partial charge < -0.3 is 15.0 Å². The minimum atomic E-state index is -0.764. The van der Waals surface area contributed by atoms with Gasteiger partial charge in [-0.15, -0.1) is 0 Å². The molecule has 7 nitrogen and oxygen atoms in total. The van der Waals surface area contributed by atoms with Gasteiger partial charge in [0.15, 0.2) is 0 Å². The molecule has 1 N–H and O–H groups in total. The van der Waals surface area contributed by atoms with Crippen molar-refractivity contribution in [1.29, 1.82) is 0 Å². The summed E-state index contributed by atoms with van der Waals surface area (Å²) >= 11 is 12.0. The lowest BCUT2D eigenvalue weighted by Crippen LogP contribution is -2.40. The van der Waals surface area contributed by atoms with E-state index in [9.17, 15) is 18.8 Å². The molecule has 2 aromatic rings. The molecule has 0 aliphatic carbocycles. The Morgan fingerprint density at radius 2 is 1.78 bits per heavy atom. The van der Waals surface area contributed by atoms with Crippen LogP contribution in [0, 0.1) is 12.7 Å². The maximum Gasteiger partial charge on any atom is 0.283 e. The Kier molecular flexibility index (Phi) is 6.19. The number of imide groups is 1. The van der Waals surface area contributed by atoms with Crippen LogP contribution >= 0.6 is 23.2 Å². The summed E-state index contributed by atoms with van der Waals surface area (Å²) < 4.78 is 18.8. The van der Waals surface area contributed by atoms with Crippen LogP contribution in [0.3, 0.4) is 0 Å². The largest absolute Gasteiger partial charge is 0.378 e. The van der Waals surface area contributed by atoms with E-state index in [1.807, 2.05) is 0 Å². The molecule has 1 fully saturated rings.